The second-order valence-electron chi connectivity index (χ2n) is 4.36. The van der Waals surface area contributed by atoms with Gasteiger partial charge in [-0.25, -0.2) is 8.42 Å². The van der Waals surface area contributed by atoms with E-state index >= 15 is 0 Å². The number of carbonyl (C=O) groups excluding carboxylic acids is 1. The summed E-state index contributed by atoms with van der Waals surface area (Å²) in [4.78, 5) is 12.3. The molecule has 1 atom stereocenters. The minimum atomic E-state index is -3.47. The third kappa shape index (κ3) is 3.24. The summed E-state index contributed by atoms with van der Waals surface area (Å²) < 4.78 is 24.0. The molecule has 0 saturated carbocycles. The zero-order valence-electron chi connectivity index (χ0n) is 11.6. The number of sulfone groups is 1. The highest BCUT2D eigenvalue weighted by atomic mass is 32.2. The second-order valence-corrected chi connectivity index (χ2v) is 6.61. The zero-order valence-corrected chi connectivity index (χ0v) is 12.4. The number of tetrazole rings is 1. The summed E-state index contributed by atoms with van der Waals surface area (Å²) in [6.45, 7) is 3.21. The van der Waals surface area contributed by atoms with Gasteiger partial charge in [0, 0.05) is 0 Å². The fraction of sp³-hybridized carbons (Fsp3) is 0.333. The third-order valence-corrected chi connectivity index (χ3v) is 4.73. The van der Waals surface area contributed by atoms with Crippen LogP contribution in [-0.2, 0) is 9.84 Å². The molecule has 9 heteroatoms. The predicted molar refractivity (Wildman–Crippen MR) is 74.2 cm³/mol. The molecule has 1 heterocycles. The molecule has 1 aromatic heterocycles. The molecule has 2 rings (SSSR count). The van der Waals surface area contributed by atoms with Gasteiger partial charge in [0.15, 0.2) is 15.7 Å². The normalized spacial score (nSPS) is 12.9. The van der Waals surface area contributed by atoms with Crippen LogP contribution in [0.2, 0.25) is 0 Å². The van der Waals surface area contributed by atoms with Crippen LogP contribution in [-0.4, -0.2) is 40.7 Å². The molecule has 0 bridgehead atoms. The highest BCUT2D eigenvalue weighted by molar-refractivity contribution is 7.91. The van der Waals surface area contributed by atoms with Crippen LogP contribution in [0.5, 0.6) is 0 Å². The summed E-state index contributed by atoms with van der Waals surface area (Å²) in [6.07, 6.45) is 0. The number of hydrogen-bond acceptors (Lipinski definition) is 6. The summed E-state index contributed by atoms with van der Waals surface area (Å²) in [7, 11) is -3.47. The molecule has 2 N–H and O–H groups in total. The van der Waals surface area contributed by atoms with Crippen LogP contribution in [0.1, 0.15) is 36.1 Å². The van der Waals surface area contributed by atoms with Crippen molar-refractivity contribution in [1.29, 1.82) is 0 Å². The maximum atomic E-state index is 12.3. The van der Waals surface area contributed by atoms with Gasteiger partial charge in [-0.15, -0.1) is 10.2 Å². The van der Waals surface area contributed by atoms with Crippen LogP contribution in [0.3, 0.4) is 0 Å². The number of aromatic nitrogens is 4. The lowest BCUT2D eigenvalue weighted by atomic mass is 10.2. The van der Waals surface area contributed by atoms with E-state index in [1.54, 1.807) is 19.1 Å². The zero-order chi connectivity index (χ0) is 15.5. The van der Waals surface area contributed by atoms with Gasteiger partial charge in [0.05, 0.1) is 22.3 Å². The molecule has 112 valence electrons. The first kappa shape index (κ1) is 15.1. The van der Waals surface area contributed by atoms with E-state index in [1.165, 1.54) is 19.1 Å². The average molecular weight is 309 g/mol. The van der Waals surface area contributed by atoms with Gasteiger partial charge in [-0.1, -0.05) is 24.3 Å². The average Bonchev–Trinajstić information content (AvgIpc) is 3.01. The maximum absolute atomic E-state index is 12.3. The maximum Gasteiger partial charge on any atom is 0.253 e. The Morgan fingerprint density at radius 1 is 1.38 bits per heavy atom. The summed E-state index contributed by atoms with van der Waals surface area (Å²) in [5, 5.41) is 15.9. The molecular weight excluding hydrogens is 294 g/mol. The van der Waals surface area contributed by atoms with E-state index in [4.69, 9.17) is 0 Å². The number of aromatic amines is 1. The Bertz CT molecular complexity index is 727. The van der Waals surface area contributed by atoms with Crippen molar-refractivity contribution in [2.45, 2.75) is 24.8 Å². The van der Waals surface area contributed by atoms with Crippen LogP contribution in [0.4, 0.5) is 0 Å². The van der Waals surface area contributed by atoms with Crippen molar-refractivity contribution in [2.75, 3.05) is 5.75 Å². The Morgan fingerprint density at radius 2 is 2.10 bits per heavy atom. The summed E-state index contributed by atoms with van der Waals surface area (Å²) in [6, 6.07) is 5.60. The van der Waals surface area contributed by atoms with E-state index in [2.05, 4.69) is 25.9 Å². The van der Waals surface area contributed by atoms with Gasteiger partial charge in [0.1, 0.15) is 0 Å². The fourth-order valence-electron chi connectivity index (χ4n) is 1.77. The lowest BCUT2D eigenvalue weighted by molar-refractivity contribution is 0.0935. The molecule has 1 aromatic carbocycles. The van der Waals surface area contributed by atoms with Gasteiger partial charge < -0.3 is 5.32 Å². The van der Waals surface area contributed by atoms with E-state index in [-0.39, 0.29) is 16.2 Å². The molecule has 1 unspecified atom stereocenters. The number of hydrogen-bond donors (Lipinski definition) is 2. The number of nitrogens with one attached hydrogen (secondary N) is 2. The highest BCUT2D eigenvalue weighted by Gasteiger charge is 2.22. The number of rotatable bonds is 5. The van der Waals surface area contributed by atoms with Crippen LogP contribution in [0.15, 0.2) is 29.2 Å². The molecule has 0 aliphatic heterocycles. The minimum Gasteiger partial charge on any atom is -0.342 e. The number of nitrogens with zero attached hydrogens (tertiary/aromatic N) is 3. The number of H-pyrrole nitrogens is 1. The monoisotopic (exact) mass is 309 g/mol. The molecule has 0 aliphatic carbocycles. The quantitative estimate of drug-likeness (QED) is 0.829. The second kappa shape index (κ2) is 6.00. The minimum absolute atomic E-state index is 0.0188. The molecule has 0 saturated heterocycles. The van der Waals surface area contributed by atoms with Crippen molar-refractivity contribution in [2.24, 2.45) is 0 Å². The Labute approximate surface area is 121 Å². The molecule has 8 nitrogen and oxygen atoms in total. The van der Waals surface area contributed by atoms with Crippen molar-refractivity contribution >= 4 is 15.7 Å². The Morgan fingerprint density at radius 3 is 2.71 bits per heavy atom. The standard InChI is InChI=1S/C12H15N5O3S/c1-3-21(19,20)10-7-5-4-6-9(10)12(18)13-8(2)11-14-16-17-15-11/h4-8H,3H2,1-2H3,(H,13,18)(H,14,15,16,17). The van der Waals surface area contributed by atoms with E-state index in [9.17, 15) is 13.2 Å². The van der Waals surface area contributed by atoms with Crippen molar-refractivity contribution < 1.29 is 13.2 Å². The van der Waals surface area contributed by atoms with Crippen LogP contribution in [0, 0.1) is 0 Å². The number of benzene rings is 1. The van der Waals surface area contributed by atoms with E-state index < -0.39 is 21.8 Å². The van der Waals surface area contributed by atoms with Gasteiger partial charge in [-0.3, -0.25) is 4.79 Å². The van der Waals surface area contributed by atoms with Crippen molar-refractivity contribution in [1.82, 2.24) is 25.9 Å². The van der Waals surface area contributed by atoms with Crippen LogP contribution >= 0.6 is 0 Å². The topological polar surface area (TPSA) is 118 Å². The van der Waals surface area contributed by atoms with Crippen molar-refractivity contribution in [3.8, 4) is 0 Å². The van der Waals surface area contributed by atoms with Crippen molar-refractivity contribution in [3.63, 3.8) is 0 Å². The molecule has 0 radical (unpaired) electrons. The Balaban J connectivity index is 2.28. The first-order chi connectivity index (χ1) is 9.95. The van der Waals surface area contributed by atoms with E-state index in [0.717, 1.165) is 0 Å². The molecule has 0 spiro atoms. The van der Waals surface area contributed by atoms with Gasteiger partial charge in [-0.05, 0) is 19.1 Å². The van der Waals surface area contributed by atoms with E-state index in [1.807, 2.05) is 0 Å². The lowest BCUT2D eigenvalue weighted by Gasteiger charge is -2.12. The first-order valence-corrected chi connectivity index (χ1v) is 7.97. The van der Waals surface area contributed by atoms with Crippen molar-refractivity contribution in [3.05, 3.63) is 35.7 Å². The molecular formula is C12H15N5O3S. The van der Waals surface area contributed by atoms with Gasteiger partial charge in [0.2, 0.25) is 0 Å². The van der Waals surface area contributed by atoms with Gasteiger partial charge in [0.25, 0.3) is 5.91 Å². The summed E-state index contributed by atoms with van der Waals surface area (Å²) in [5.74, 6) is -0.253. The number of amides is 1. The molecule has 0 fully saturated rings. The molecule has 1 amide bonds. The van der Waals surface area contributed by atoms with Gasteiger partial charge >= 0.3 is 0 Å². The molecule has 0 aliphatic rings. The number of carbonyl (C=O) groups is 1. The van der Waals surface area contributed by atoms with Crippen LogP contribution < -0.4 is 5.32 Å². The van der Waals surface area contributed by atoms with Gasteiger partial charge in [-0.2, -0.15) is 5.21 Å². The SMILES string of the molecule is CCS(=O)(=O)c1ccccc1C(=O)NC(C)c1nn[nH]n1. The molecule has 21 heavy (non-hydrogen) atoms. The first-order valence-electron chi connectivity index (χ1n) is 6.31. The predicted octanol–water partition coefficient (Wildman–Crippen LogP) is 0.484. The summed E-state index contributed by atoms with van der Waals surface area (Å²) in [5.41, 5.74) is 0.106. The highest BCUT2D eigenvalue weighted by Crippen LogP contribution is 2.18. The van der Waals surface area contributed by atoms with Crippen LogP contribution in [0.25, 0.3) is 0 Å². The Hall–Kier alpha value is -2.29. The summed E-state index contributed by atoms with van der Waals surface area (Å²) >= 11 is 0. The smallest absolute Gasteiger partial charge is 0.253 e. The lowest BCUT2D eigenvalue weighted by Crippen LogP contribution is -2.29. The molecule has 2 aromatic rings. The van der Waals surface area contributed by atoms with E-state index in [0.29, 0.717) is 5.82 Å². The third-order valence-electron chi connectivity index (χ3n) is 2.94. The largest absolute Gasteiger partial charge is 0.342 e. The fourth-order valence-corrected chi connectivity index (χ4v) is 2.87. The Kier molecular flexibility index (Phi) is 4.32.